The smallest absolute Gasteiger partial charge is 0.130 e. The van der Waals surface area contributed by atoms with Crippen molar-refractivity contribution in [2.75, 3.05) is 0 Å². The molecule has 0 heterocycles. The SMILES string of the molecule is CCC(N)[SiH2]C(O)O. The predicted octanol–water partition coefficient (Wildman–Crippen LogP) is -1.88. The summed E-state index contributed by atoms with van der Waals surface area (Å²) in [5.74, 6) is -1.11. The second-order valence-electron chi connectivity index (χ2n) is 1.88. The first-order valence-electron chi connectivity index (χ1n) is 2.78. The lowest BCUT2D eigenvalue weighted by atomic mass is 10.5. The van der Waals surface area contributed by atoms with Gasteiger partial charge in [-0.25, -0.2) is 0 Å². The van der Waals surface area contributed by atoms with E-state index in [0.29, 0.717) is 0 Å². The molecule has 0 aliphatic carbocycles. The Morgan fingerprint density at radius 1 is 1.62 bits per heavy atom. The van der Waals surface area contributed by atoms with E-state index in [1.165, 1.54) is 0 Å². The van der Waals surface area contributed by atoms with Crippen molar-refractivity contribution in [2.24, 2.45) is 5.73 Å². The fraction of sp³-hybridized carbons (Fsp3) is 1.00. The van der Waals surface area contributed by atoms with Crippen molar-refractivity contribution in [2.45, 2.75) is 24.9 Å². The van der Waals surface area contributed by atoms with Crippen LogP contribution in [-0.4, -0.2) is 31.3 Å². The number of rotatable bonds is 3. The van der Waals surface area contributed by atoms with Crippen LogP contribution in [0.1, 0.15) is 13.3 Å². The van der Waals surface area contributed by atoms with Gasteiger partial charge < -0.3 is 15.9 Å². The van der Waals surface area contributed by atoms with Gasteiger partial charge >= 0.3 is 0 Å². The van der Waals surface area contributed by atoms with E-state index in [0.717, 1.165) is 6.42 Å². The van der Waals surface area contributed by atoms with E-state index in [4.69, 9.17) is 15.9 Å². The molecule has 0 saturated carbocycles. The number of nitrogens with two attached hydrogens (primary N) is 1. The average Bonchev–Trinajstić information content (AvgIpc) is 1.65. The lowest BCUT2D eigenvalue weighted by Gasteiger charge is -2.07. The van der Waals surface area contributed by atoms with Crippen molar-refractivity contribution in [1.29, 1.82) is 0 Å². The summed E-state index contributed by atoms with van der Waals surface area (Å²) >= 11 is 0. The minimum absolute atomic E-state index is 0.0648. The molecule has 0 bridgehead atoms. The Morgan fingerprint density at radius 3 is 2.25 bits per heavy atom. The molecule has 0 aromatic carbocycles. The van der Waals surface area contributed by atoms with Crippen molar-refractivity contribution in [1.82, 2.24) is 0 Å². The molecule has 1 unspecified atom stereocenters. The van der Waals surface area contributed by atoms with Crippen LogP contribution in [-0.2, 0) is 0 Å². The van der Waals surface area contributed by atoms with Crippen LogP contribution in [0.4, 0.5) is 0 Å². The number of hydrogen-bond donors (Lipinski definition) is 3. The molecular formula is C4H13NO2Si. The van der Waals surface area contributed by atoms with Gasteiger partial charge in [0.1, 0.15) is 15.4 Å². The van der Waals surface area contributed by atoms with Crippen LogP contribution in [0.5, 0.6) is 0 Å². The largest absolute Gasteiger partial charge is 0.372 e. The molecule has 0 radical (unpaired) electrons. The summed E-state index contributed by atoms with van der Waals surface area (Å²) in [7, 11) is -0.841. The van der Waals surface area contributed by atoms with E-state index in [2.05, 4.69) is 0 Å². The van der Waals surface area contributed by atoms with Crippen molar-refractivity contribution in [3.05, 3.63) is 0 Å². The predicted molar refractivity (Wildman–Crippen MR) is 35.0 cm³/mol. The van der Waals surface area contributed by atoms with E-state index in [9.17, 15) is 0 Å². The Bertz CT molecular complexity index is 60.0. The molecule has 8 heavy (non-hydrogen) atoms. The van der Waals surface area contributed by atoms with Gasteiger partial charge in [0.15, 0.2) is 0 Å². The third-order valence-electron chi connectivity index (χ3n) is 1.04. The van der Waals surface area contributed by atoms with E-state index in [1.807, 2.05) is 6.92 Å². The van der Waals surface area contributed by atoms with E-state index < -0.39 is 15.4 Å². The molecule has 0 aromatic rings. The van der Waals surface area contributed by atoms with Crippen molar-refractivity contribution in [3.63, 3.8) is 0 Å². The quantitative estimate of drug-likeness (QED) is 0.313. The fourth-order valence-electron chi connectivity index (χ4n) is 0.437. The van der Waals surface area contributed by atoms with Crippen LogP contribution in [0.25, 0.3) is 0 Å². The van der Waals surface area contributed by atoms with E-state index in [1.54, 1.807) is 0 Å². The first-order chi connectivity index (χ1) is 3.66. The maximum Gasteiger partial charge on any atom is 0.130 e. The first kappa shape index (κ1) is 8.10. The third-order valence-corrected chi connectivity index (χ3v) is 2.64. The zero-order valence-corrected chi connectivity index (χ0v) is 6.45. The first-order valence-corrected chi connectivity index (χ1v) is 4.41. The van der Waals surface area contributed by atoms with Crippen LogP contribution in [0.2, 0.25) is 0 Å². The molecule has 50 valence electrons. The molecule has 4 N–H and O–H groups in total. The standard InChI is InChI=1S/C4H13NO2Si/c1-2-3(5)8-4(6)7/h3-4,6-7H,2,5,8H2,1H3. The second kappa shape index (κ2) is 4.02. The highest BCUT2D eigenvalue weighted by molar-refractivity contribution is 6.38. The van der Waals surface area contributed by atoms with Crippen molar-refractivity contribution < 1.29 is 10.2 Å². The monoisotopic (exact) mass is 135 g/mol. The normalized spacial score (nSPS) is 16.1. The number of aliphatic hydroxyl groups is 2. The lowest BCUT2D eigenvalue weighted by molar-refractivity contribution is 0.0280. The van der Waals surface area contributed by atoms with Crippen molar-refractivity contribution in [3.8, 4) is 0 Å². The Balaban J connectivity index is 3.10. The van der Waals surface area contributed by atoms with Crippen LogP contribution in [0, 0.1) is 0 Å². The lowest BCUT2D eigenvalue weighted by Crippen LogP contribution is -2.34. The molecule has 0 aliphatic heterocycles. The van der Waals surface area contributed by atoms with Gasteiger partial charge in [-0.1, -0.05) is 6.92 Å². The zero-order chi connectivity index (χ0) is 6.57. The van der Waals surface area contributed by atoms with Gasteiger partial charge in [0.05, 0.1) is 0 Å². The summed E-state index contributed by atoms with van der Waals surface area (Å²) < 4.78 is 0. The maximum absolute atomic E-state index is 8.39. The molecule has 0 spiro atoms. The summed E-state index contributed by atoms with van der Waals surface area (Å²) in [5, 5.41) is 16.8. The molecule has 0 fully saturated rings. The highest BCUT2D eigenvalue weighted by Gasteiger charge is 2.04. The molecule has 4 heteroatoms. The van der Waals surface area contributed by atoms with Crippen LogP contribution in [0.3, 0.4) is 0 Å². The van der Waals surface area contributed by atoms with Crippen LogP contribution in [0.15, 0.2) is 0 Å². The summed E-state index contributed by atoms with van der Waals surface area (Å²) in [4.78, 5) is 0. The second-order valence-corrected chi connectivity index (χ2v) is 4.14. The van der Waals surface area contributed by atoms with Gasteiger partial charge in [-0.05, 0) is 12.1 Å². The van der Waals surface area contributed by atoms with Crippen LogP contribution < -0.4 is 5.73 Å². The van der Waals surface area contributed by atoms with Gasteiger partial charge in [0.2, 0.25) is 0 Å². The van der Waals surface area contributed by atoms with Crippen LogP contribution >= 0.6 is 0 Å². The van der Waals surface area contributed by atoms with Gasteiger partial charge in [-0.15, -0.1) is 0 Å². The minimum atomic E-state index is -1.11. The summed E-state index contributed by atoms with van der Waals surface area (Å²) in [6.45, 7) is 1.94. The molecule has 0 amide bonds. The zero-order valence-electron chi connectivity index (χ0n) is 5.04. The number of hydrogen-bond acceptors (Lipinski definition) is 3. The fourth-order valence-corrected chi connectivity index (χ4v) is 1.31. The van der Waals surface area contributed by atoms with Gasteiger partial charge in [0, 0.05) is 0 Å². The molecule has 1 atom stereocenters. The van der Waals surface area contributed by atoms with Crippen molar-refractivity contribution >= 4 is 9.52 Å². The molecule has 3 nitrogen and oxygen atoms in total. The van der Waals surface area contributed by atoms with Gasteiger partial charge in [-0.3, -0.25) is 0 Å². The maximum atomic E-state index is 8.39. The summed E-state index contributed by atoms with van der Waals surface area (Å²) in [5.41, 5.74) is 5.48. The van der Waals surface area contributed by atoms with Gasteiger partial charge in [0.25, 0.3) is 0 Å². The van der Waals surface area contributed by atoms with E-state index >= 15 is 0 Å². The Kier molecular flexibility index (Phi) is 4.07. The highest BCUT2D eigenvalue weighted by Crippen LogP contribution is 1.83. The van der Waals surface area contributed by atoms with Gasteiger partial charge in [-0.2, -0.15) is 0 Å². The highest BCUT2D eigenvalue weighted by atomic mass is 28.2. The Morgan fingerprint density at radius 2 is 2.12 bits per heavy atom. The molecule has 0 saturated heterocycles. The molecule has 0 aromatic heterocycles. The minimum Gasteiger partial charge on any atom is -0.372 e. The third kappa shape index (κ3) is 4.26. The van der Waals surface area contributed by atoms with E-state index in [-0.39, 0.29) is 5.67 Å². The summed E-state index contributed by atoms with van der Waals surface area (Å²) in [6.07, 6.45) is 0.851. The Hall–Kier alpha value is 0.0969. The molecule has 0 rings (SSSR count). The molecule has 0 aliphatic rings. The average molecular weight is 135 g/mol. The molecular weight excluding hydrogens is 122 g/mol. The number of aliphatic hydroxyl groups excluding tert-OH is 1. The topological polar surface area (TPSA) is 66.5 Å². The summed E-state index contributed by atoms with van der Waals surface area (Å²) in [6, 6.07) is 0. The Labute approximate surface area is 51.3 Å².